The van der Waals surface area contributed by atoms with E-state index in [1.54, 1.807) is 7.11 Å². The first kappa shape index (κ1) is 15.4. The second-order valence-corrected chi connectivity index (χ2v) is 4.88. The zero-order valence-corrected chi connectivity index (χ0v) is 12.6. The zero-order valence-electron chi connectivity index (χ0n) is 10.2. The third-order valence-corrected chi connectivity index (χ3v) is 3.14. The first-order chi connectivity index (χ1) is 8.65. The molecule has 1 aromatic rings. The first-order valence-corrected chi connectivity index (χ1v) is 6.75. The molecular formula is C12H17BrN2O2S. The summed E-state index contributed by atoms with van der Waals surface area (Å²) in [4.78, 5) is 0.394. The van der Waals surface area contributed by atoms with Gasteiger partial charge in [-0.25, -0.2) is 0 Å². The number of hydrogen-bond donors (Lipinski definition) is 2. The summed E-state index contributed by atoms with van der Waals surface area (Å²) in [6.45, 7) is 2.59. The van der Waals surface area contributed by atoms with Gasteiger partial charge in [-0.3, -0.25) is 0 Å². The largest absolute Gasteiger partial charge is 0.389 e. The predicted octanol–water partition coefficient (Wildman–Crippen LogP) is 2.16. The van der Waals surface area contributed by atoms with E-state index in [1.807, 2.05) is 18.2 Å². The van der Waals surface area contributed by atoms with Crippen molar-refractivity contribution in [2.24, 2.45) is 5.73 Å². The second-order valence-electron chi connectivity index (χ2n) is 3.59. The van der Waals surface area contributed by atoms with Crippen molar-refractivity contribution in [3.8, 4) is 0 Å². The number of halogens is 1. The van der Waals surface area contributed by atoms with Crippen LogP contribution in [0.5, 0.6) is 0 Å². The molecule has 0 radical (unpaired) electrons. The van der Waals surface area contributed by atoms with Gasteiger partial charge in [-0.05, 0) is 34.1 Å². The average Bonchev–Trinajstić information content (AvgIpc) is 2.35. The fourth-order valence-corrected chi connectivity index (χ4v) is 1.96. The molecule has 0 unspecified atom stereocenters. The Hall–Kier alpha value is -0.690. The summed E-state index contributed by atoms with van der Waals surface area (Å²) < 4.78 is 11.2. The van der Waals surface area contributed by atoms with E-state index in [4.69, 9.17) is 27.4 Å². The van der Waals surface area contributed by atoms with Gasteiger partial charge < -0.3 is 20.5 Å². The number of thiocarbonyl (C=S) groups is 1. The minimum atomic E-state index is 0.394. The summed E-state index contributed by atoms with van der Waals surface area (Å²) in [6.07, 6.45) is 0. The molecule has 0 atom stereocenters. The van der Waals surface area contributed by atoms with Crippen molar-refractivity contribution in [3.63, 3.8) is 0 Å². The Morgan fingerprint density at radius 3 is 2.78 bits per heavy atom. The van der Waals surface area contributed by atoms with Crippen molar-refractivity contribution in [2.75, 3.05) is 38.8 Å². The van der Waals surface area contributed by atoms with Crippen LogP contribution in [0, 0.1) is 0 Å². The topological polar surface area (TPSA) is 56.5 Å². The Labute approximate surface area is 121 Å². The Morgan fingerprint density at radius 2 is 2.17 bits per heavy atom. The van der Waals surface area contributed by atoms with Crippen molar-refractivity contribution in [1.29, 1.82) is 0 Å². The Kier molecular flexibility index (Phi) is 7.19. The van der Waals surface area contributed by atoms with Crippen molar-refractivity contribution >= 4 is 38.8 Å². The number of rotatable bonds is 8. The van der Waals surface area contributed by atoms with Gasteiger partial charge in [-0.1, -0.05) is 12.2 Å². The van der Waals surface area contributed by atoms with Crippen molar-refractivity contribution in [2.45, 2.75) is 0 Å². The van der Waals surface area contributed by atoms with Crippen LogP contribution in [0.2, 0.25) is 0 Å². The van der Waals surface area contributed by atoms with Crippen LogP contribution >= 0.6 is 28.1 Å². The van der Waals surface area contributed by atoms with Gasteiger partial charge in [0.15, 0.2) is 0 Å². The smallest absolute Gasteiger partial charge is 0.104 e. The highest BCUT2D eigenvalue weighted by Gasteiger charge is 2.02. The molecule has 0 fully saturated rings. The maximum Gasteiger partial charge on any atom is 0.104 e. The first-order valence-electron chi connectivity index (χ1n) is 5.55. The molecule has 0 bridgehead atoms. The molecule has 18 heavy (non-hydrogen) atoms. The number of methoxy groups -OCH3 is 1. The number of hydrogen-bond acceptors (Lipinski definition) is 4. The van der Waals surface area contributed by atoms with E-state index >= 15 is 0 Å². The van der Waals surface area contributed by atoms with Gasteiger partial charge in [0.25, 0.3) is 0 Å². The predicted molar refractivity (Wildman–Crippen MR) is 81.2 cm³/mol. The highest BCUT2D eigenvalue weighted by molar-refractivity contribution is 9.10. The van der Waals surface area contributed by atoms with Crippen LogP contribution in [0.4, 0.5) is 5.69 Å². The molecule has 0 saturated carbocycles. The molecule has 4 nitrogen and oxygen atoms in total. The Balaban J connectivity index is 2.36. The molecule has 0 amide bonds. The van der Waals surface area contributed by atoms with Crippen LogP contribution in [0.3, 0.4) is 0 Å². The maximum atomic E-state index is 5.56. The SMILES string of the molecule is COCCOCCNc1ccc(C(N)=S)cc1Br. The third-order valence-electron chi connectivity index (χ3n) is 2.25. The highest BCUT2D eigenvalue weighted by Crippen LogP contribution is 2.23. The Morgan fingerprint density at radius 1 is 1.39 bits per heavy atom. The molecule has 6 heteroatoms. The van der Waals surface area contributed by atoms with Crippen LogP contribution in [0.25, 0.3) is 0 Å². The van der Waals surface area contributed by atoms with Crippen molar-refractivity contribution < 1.29 is 9.47 Å². The molecule has 0 heterocycles. The lowest BCUT2D eigenvalue weighted by Crippen LogP contribution is -2.13. The number of nitrogens with one attached hydrogen (secondary N) is 1. The van der Waals surface area contributed by atoms with Crippen molar-refractivity contribution in [3.05, 3.63) is 28.2 Å². The fraction of sp³-hybridized carbons (Fsp3) is 0.417. The van der Waals surface area contributed by atoms with Gasteiger partial charge in [-0.15, -0.1) is 0 Å². The number of anilines is 1. The van der Waals surface area contributed by atoms with E-state index in [2.05, 4.69) is 21.2 Å². The molecule has 0 aliphatic heterocycles. The van der Waals surface area contributed by atoms with Crippen LogP contribution in [0.15, 0.2) is 22.7 Å². The minimum Gasteiger partial charge on any atom is -0.389 e. The average molecular weight is 333 g/mol. The molecule has 100 valence electrons. The molecule has 0 aliphatic rings. The minimum absolute atomic E-state index is 0.394. The second kappa shape index (κ2) is 8.42. The highest BCUT2D eigenvalue weighted by atomic mass is 79.9. The van der Waals surface area contributed by atoms with E-state index < -0.39 is 0 Å². The van der Waals surface area contributed by atoms with Gasteiger partial charge in [-0.2, -0.15) is 0 Å². The molecule has 0 saturated heterocycles. The summed E-state index contributed by atoms with van der Waals surface area (Å²) in [5.74, 6) is 0. The number of benzene rings is 1. The number of ether oxygens (including phenoxy) is 2. The Bertz CT molecular complexity index is 402. The summed E-state index contributed by atoms with van der Waals surface area (Å²) >= 11 is 8.39. The van der Waals surface area contributed by atoms with E-state index in [-0.39, 0.29) is 0 Å². The monoisotopic (exact) mass is 332 g/mol. The fourth-order valence-electron chi connectivity index (χ4n) is 1.31. The van der Waals surface area contributed by atoms with E-state index in [0.717, 1.165) is 22.3 Å². The standard InChI is InChI=1S/C12H17BrN2O2S/c1-16-6-7-17-5-4-15-11-3-2-9(12(14)18)8-10(11)13/h2-3,8,15H,4-7H2,1H3,(H2,14,18). The van der Waals surface area contributed by atoms with E-state index in [1.165, 1.54) is 0 Å². The summed E-state index contributed by atoms with van der Waals surface area (Å²) in [7, 11) is 1.65. The van der Waals surface area contributed by atoms with Gasteiger partial charge >= 0.3 is 0 Å². The zero-order chi connectivity index (χ0) is 13.4. The molecule has 0 aromatic heterocycles. The van der Waals surface area contributed by atoms with E-state index in [0.29, 0.717) is 24.8 Å². The van der Waals surface area contributed by atoms with Gasteiger partial charge in [0.1, 0.15) is 4.99 Å². The number of nitrogens with two attached hydrogens (primary N) is 1. The quantitative estimate of drug-likeness (QED) is 0.564. The third kappa shape index (κ3) is 5.30. The lowest BCUT2D eigenvalue weighted by atomic mass is 10.2. The van der Waals surface area contributed by atoms with Crippen molar-refractivity contribution in [1.82, 2.24) is 0 Å². The van der Waals surface area contributed by atoms with Crippen LogP contribution in [-0.2, 0) is 9.47 Å². The lowest BCUT2D eigenvalue weighted by molar-refractivity contribution is 0.0759. The van der Waals surface area contributed by atoms with Crippen LogP contribution in [-0.4, -0.2) is 38.5 Å². The van der Waals surface area contributed by atoms with Gasteiger partial charge in [0.05, 0.1) is 19.8 Å². The normalized spacial score (nSPS) is 10.3. The summed E-state index contributed by atoms with van der Waals surface area (Å²) in [5, 5.41) is 3.26. The molecule has 0 spiro atoms. The molecule has 1 aromatic carbocycles. The van der Waals surface area contributed by atoms with Crippen LogP contribution in [0.1, 0.15) is 5.56 Å². The molecule has 1 rings (SSSR count). The molecule has 0 aliphatic carbocycles. The summed E-state index contributed by atoms with van der Waals surface area (Å²) in [5.41, 5.74) is 7.40. The van der Waals surface area contributed by atoms with Gasteiger partial charge in [0, 0.05) is 29.4 Å². The lowest BCUT2D eigenvalue weighted by Gasteiger charge is -2.10. The summed E-state index contributed by atoms with van der Waals surface area (Å²) in [6, 6.07) is 5.73. The molecular weight excluding hydrogens is 316 g/mol. The maximum absolute atomic E-state index is 5.56. The van der Waals surface area contributed by atoms with E-state index in [9.17, 15) is 0 Å². The van der Waals surface area contributed by atoms with Crippen LogP contribution < -0.4 is 11.1 Å². The molecule has 3 N–H and O–H groups in total. The van der Waals surface area contributed by atoms with Gasteiger partial charge in [0.2, 0.25) is 0 Å².